The summed E-state index contributed by atoms with van der Waals surface area (Å²) >= 11 is 5.95. The molecule has 0 atom stereocenters. The molecule has 0 bridgehead atoms. The Balaban J connectivity index is 1.49. The van der Waals surface area contributed by atoms with Crippen molar-refractivity contribution in [2.45, 2.75) is 29.6 Å². The highest BCUT2D eigenvalue weighted by atomic mass is 35.5. The minimum absolute atomic E-state index is 0.0656. The summed E-state index contributed by atoms with van der Waals surface area (Å²) in [6.07, 6.45) is 0.251. The van der Waals surface area contributed by atoms with Crippen molar-refractivity contribution in [1.82, 2.24) is 0 Å². The van der Waals surface area contributed by atoms with E-state index in [2.05, 4.69) is 9.44 Å². The lowest BCUT2D eigenvalue weighted by Gasteiger charge is -2.15. The molecule has 3 aromatic rings. The van der Waals surface area contributed by atoms with Gasteiger partial charge in [-0.15, -0.1) is 0 Å². The van der Waals surface area contributed by atoms with Crippen molar-refractivity contribution in [3.8, 4) is 0 Å². The average molecular weight is 534 g/mol. The molecule has 1 aliphatic heterocycles. The Labute approximate surface area is 207 Å². The molecule has 3 aromatic carbocycles. The summed E-state index contributed by atoms with van der Waals surface area (Å²) in [5.41, 5.74) is 1.47. The fraction of sp³-hybridized carbons (Fsp3) is 0.130. The summed E-state index contributed by atoms with van der Waals surface area (Å²) in [5.74, 6) is -0.669. The molecule has 0 aliphatic carbocycles. The molecule has 0 radical (unpaired) electrons. The minimum Gasteiger partial charge on any atom is -0.280 e. The average Bonchev–Trinajstić information content (AvgIpc) is 3.14. The SMILES string of the molecule is Cc1ccc(Cl)cc1NS(=O)(=O)c1ccc(NS(=O)(=O)c2ccc(N3C(=O)CCC3=O)cc2)cc1. The van der Waals surface area contributed by atoms with E-state index >= 15 is 0 Å². The van der Waals surface area contributed by atoms with E-state index in [1.165, 1.54) is 54.6 Å². The standard InChI is InChI=1S/C23H20ClN3O6S2/c1-15-2-3-16(24)14-21(15)26-35(32,33)19-8-4-17(5-9-19)25-34(30,31)20-10-6-18(7-11-20)27-22(28)12-13-23(27)29/h2-11,14,25-26H,12-13H2,1H3. The summed E-state index contributed by atoms with van der Waals surface area (Å²) in [6.45, 7) is 1.74. The first-order valence-electron chi connectivity index (χ1n) is 10.3. The largest absolute Gasteiger partial charge is 0.280 e. The van der Waals surface area contributed by atoms with Gasteiger partial charge >= 0.3 is 0 Å². The van der Waals surface area contributed by atoms with Crippen LogP contribution in [0.5, 0.6) is 0 Å². The van der Waals surface area contributed by atoms with Gasteiger partial charge in [-0.1, -0.05) is 17.7 Å². The maximum absolute atomic E-state index is 12.8. The first-order valence-corrected chi connectivity index (χ1v) is 13.7. The lowest BCUT2D eigenvalue weighted by atomic mass is 10.2. The summed E-state index contributed by atoms with van der Waals surface area (Å²) in [4.78, 5) is 24.6. The van der Waals surface area contributed by atoms with E-state index < -0.39 is 20.0 Å². The van der Waals surface area contributed by atoms with Crippen LogP contribution < -0.4 is 14.3 Å². The zero-order valence-corrected chi connectivity index (χ0v) is 20.7. The van der Waals surface area contributed by atoms with Crippen molar-refractivity contribution in [2.24, 2.45) is 0 Å². The fourth-order valence-corrected chi connectivity index (χ4v) is 5.82. The van der Waals surface area contributed by atoms with Crippen LogP contribution in [0.25, 0.3) is 0 Å². The number of aryl methyl sites for hydroxylation is 1. The molecule has 1 saturated heterocycles. The molecule has 9 nitrogen and oxygen atoms in total. The molecule has 0 saturated carbocycles. The molecule has 35 heavy (non-hydrogen) atoms. The number of imide groups is 1. The number of halogens is 1. The Hall–Kier alpha value is -3.41. The number of anilines is 3. The van der Waals surface area contributed by atoms with Crippen molar-refractivity contribution in [1.29, 1.82) is 0 Å². The van der Waals surface area contributed by atoms with Crippen LogP contribution in [0, 0.1) is 6.92 Å². The molecule has 1 heterocycles. The lowest BCUT2D eigenvalue weighted by molar-refractivity contribution is -0.121. The maximum atomic E-state index is 12.8. The summed E-state index contributed by atoms with van der Waals surface area (Å²) in [6, 6.07) is 15.4. The minimum atomic E-state index is -4.01. The van der Waals surface area contributed by atoms with Crippen LogP contribution in [0.15, 0.2) is 76.5 Å². The van der Waals surface area contributed by atoms with E-state index in [0.29, 0.717) is 22.0 Å². The molecule has 2 amide bonds. The number of amides is 2. The molecule has 0 aromatic heterocycles. The lowest BCUT2D eigenvalue weighted by Crippen LogP contribution is -2.28. The molecule has 12 heteroatoms. The smallest absolute Gasteiger partial charge is 0.261 e. The Bertz CT molecular complexity index is 1500. The zero-order valence-electron chi connectivity index (χ0n) is 18.4. The van der Waals surface area contributed by atoms with Crippen LogP contribution in [0.4, 0.5) is 17.1 Å². The monoisotopic (exact) mass is 533 g/mol. The molecular weight excluding hydrogens is 514 g/mol. The highest BCUT2D eigenvalue weighted by Gasteiger charge is 2.30. The fourth-order valence-electron chi connectivity index (χ4n) is 3.46. The van der Waals surface area contributed by atoms with Crippen molar-refractivity contribution < 1.29 is 26.4 Å². The van der Waals surface area contributed by atoms with E-state index in [4.69, 9.17) is 11.6 Å². The van der Waals surface area contributed by atoms with Gasteiger partial charge in [0.1, 0.15) is 0 Å². The third kappa shape index (κ3) is 5.31. The number of carbonyl (C=O) groups is 2. The molecular formula is C23H20ClN3O6S2. The van der Waals surface area contributed by atoms with E-state index in [1.807, 2.05) is 0 Å². The van der Waals surface area contributed by atoms with Gasteiger partial charge in [0.2, 0.25) is 11.8 Å². The van der Waals surface area contributed by atoms with Gasteiger partial charge in [0, 0.05) is 23.6 Å². The van der Waals surface area contributed by atoms with Gasteiger partial charge in [0.15, 0.2) is 0 Å². The first-order chi connectivity index (χ1) is 16.5. The molecule has 0 spiro atoms. The summed E-state index contributed by atoms with van der Waals surface area (Å²) in [7, 11) is -7.94. The Morgan fingerprint density at radius 2 is 1.26 bits per heavy atom. The predicted octanol–water partition coefficient (Wildman–Crippen LogP) is 3.90. The van der Waals surface area contributed by atoms with E-state index in [9.17, 15) is 26.4 Å². The van der Waals surface area contributed by atoms with Gasteiger partial charge in [-0.25, -0.2) is 16.8 Å². The van der Waals surface area contributed by atoms with Crippen molar-refractivity contribution in [3.63, 3.8) is 0 Å². The predicted molar refractivity (Wildman–Crippen MR) is 132 cm³/mol. The highest BCUT2D eigenvalue weighted by Crippen LogP contribution is 2.26. The van der Waals surface area contributed by atoms with Crippen molar-refractivity contribution >= 4 is 60.5 Å². The molecule has 0 unspecified atom stereocenters. The summed E-state index contributed by atoms with van der Waals surface area (Å²) < 4.78 is 55.8. The summed E-state index contributed by atoms with van der Waals surface area (Å²) in [5, 5.41) is 0.379. The quantitative estimate of drug-likeness (QED) is 0.443. The van der Waals surface area contributed by atoms with Gasteiger partial charge in [-0.05, 0) is 73.2 Å². The molecule has 1 fully saturated rings. The van der Waals surface area contributed by atoms with Crippen LogP contribution in [-0.2, 0) is 29.6 Å². The van der Waals surface area contributed by atoms with Gasteiger partial charge in [-0.3, -0.25) is 23.9 Å². The van der Waals surface area contributed by atoms with Gasteiger partial charge in [-0.2, -0.15) is 0 Å². The number of nitrogens with zero attached hydrogens (tertiary/aromatic N) is 1. The topological polar surface area (TPSA) is 130 Å². The zero-order chi connectivity index (χ0) is 25.4. The van der Waals surface area contributed by atoms with Crippen LogP contribution in [0.2, 0.25) is 5.02 Å². The van der Waals surface area contributed by atoms with Gasteiger partial charge in [0.25, 0.3) is 20.0 Å². The normalized spacial score (nSPS) is 14.3. The van der Waals surface area contributed by atoms with Crippen molar-refractivity contribution in [3.05, 3.63) is 77.3 Å². The van der Waals surface area contributed by atoms with Gasteiger partial charge < -0.3 is 0 Å². The second kappa shape index (κ2) is 9.33. The van der Waals surface area contributed by atoms with Crippen LogP contribution in [0.1, 0.15) is 18.4 Å². The molecule has 1 aliphatic rings. The van der Waals surface area contributed by atoms with Crippen LogP contribution in [-0.4, -0.2) is 28.6 Å². The third-order valence-electron chi connectivity index (χ3n) is 5.32. The van der Waals surface area contributed by atoms with Crippen LogP contribution in [0.3, 0.4) is 0 Å². The number of hydrogen-bond donors (Lipinski definition) is 2. The van der Waals surface area contributed by atoms with Crippen LogP contribution >= 0.6 is 11.6 Å². The number of nitrogens with one attached hydrogen (secondary N) is 2. The second-order valence-corrected chi connectivity index (χ2v) is 11.6. The molecule has 182 valence electrons. The highest BCUT2D eigenvalue weighted by molar-refractivity contribution is 7.93. The van der Waals surface area contributed by atoms with E-state index in [1.54, 1.807) is 19.1 Å². The number of benzene rings is 3. The Kier molecular flexibility index (Phi) is 6.58. The maximum Gasteiger partial charge on any atom is 0.261 e. The van der Waals surface area contributed by atoms with Gasteiger partial charge in [0.05, 0.1) is 21.2 Å². The first kappa shape index (κ1) is 24.7. The third-order valence-corrected chi connectivity index (χ3v) is 8.33. The second-order valence-electron chi connectivity index (χ2n) is 7.81. The number of hydrogen-bond acceptors (Lipinski definition) is 6. The number of rotatable bonds is 7. The van der Waals surface area contributed by atoms with Crippen molar-refractivity contribution in [2.75, 3.05) is 14.3 Å². The van der Waals surface area contributed by atoms with E-state index in [0.717, 1.165) is 4.90 Å². The molecule has 2 N–H and O–H groups in total. The number of carbonyl (C=O) groups excluding carboxylic acids is 2. The Morgan fingerprint density at radius 1 is 0.743 bits per heavy atom. The number of sulfonamides is 2. The Morgan fingerprint density at radius 3 is 1.83 bits per heavy atom. The molecule has 4 rings (SSSR count). The van der Waals surface area contributed by atoms with E-state index in [-0.39, 0.29) is 40.1 Å².